The molecule has 2 aromatic carbocycles. The molecule has 19 heavy (non-hydrogen) atoms. The van der Waals surface area contributed by atoms with Crippen LogP contribution in [0.4, 0.5) is 5.69 Å². The third-order valence-corrected chi connectivity index (χ3v) is 4.88. The van der Waals surface area contributed by atoms with E-state index >= 15 is 0 Å². The molecule has 2 rings (SSSR count). The van der Waals surface area contributed by atoms with E-state index in [2.05, 4.69) is 0 Å². The zero-order valence-electron chi connectivity index (χ0n) is 11.1. The second-order valence-electron chi connectivity index (χ2n) is 4.73. The quantitative estimate of drug-likeness (QED) is 0.876. The lowest BCUT2D eigenvalue weighted by atomic mass is 10.2. The Balaban J connectivity index is 2.44. The minimum absolute atomic E-state index is 0.0655. The Hall–Kier alpha value is -1.81. The molecule has 0 fully saturated rings. The number of rotatable bonds is 3. The molecule has 0 saturated carbocycles. The van der Waals surface area contributed by atoms with Gasteiger partial charge >= 0.3 is 0 Å². The van der Waals surface area contributed by atoms with Crippen molar-refractivity contribution in [3.63, 3.8) is 0 Å². The Bertz CT molecular complexity index is 706. The Morgan fingerprint density at radius 2 is 1.74 bits per heavy atom. The molecule has 0 unspecified atom stereocenters. The van der Waals surface area contributed by atoms with Crippen molar-refractivity contribution in [3.8, 4) is 0 Å². The lowest BCUT2D eigenvalue weighted by Crippen LogP contribution is -2.08. The van der Waals surface area contributed by atoms with Crippen molar-refractivity contribution in [2.45, 2.75) is 24.5 Å². The number of para-hydroxylation sites is 1. The highest BCUT2D eigenvalue weighted by Crippen LogP contribution is 2.23. The van der Waals surface area contributed by atoms with E-state index in [1.54, 1.807) is 37.3 Å². The SMILES string of the molecule is Cc1ccc(C)c(S(=O)(=O)Cc2ccccc2N)c1. The van der Waals surface area contributed by atoms with E-state index in [4.69, 9.17) is 5.73 Å². The van der Waals surface area contributed by atoms with Crippen LogP contribution >= 0.6 is 0 Å². The molecule has 0 radical (unpaired) electrons. The fourth-order valence-electron chi connectivity index (χ4n) is 1.99. The van der Waals surface area contributed by atoms with Gasteiger partial charge in [-0.1, -0.05) is 30.3 Å². The summed E-state index contributed by atoms with van der Waals surface area (Å²) >= 11 is 0. The molecule has 0 spiro atoms. The first-order chi connectivity index (χ1) is 8.90. The van der Waals surface area contributed by atoms with Gasteiger partial charge in [0.25, 0.3) is 0 Å². The summed E-state index contributed by atoms with van der Waals surface area (Å²) in [6, 6.07) is 12.5. The van der Waals surface area contributed by atoms with Crippen LogP contribution in [0.5, 0.6) is 0 Å². The summed E-state index contributed by atoms with van der Waals surface area (Å²) in [5, 5.41) is 0. The topological polar surface area (TPSA) is 60.2 Å². The van der Waals surface area contributed by atoms with Crippen LogP contribution in [0, 0.1) is 13.8 Å². The summed E-state index contributed by atoms with van der Waals surface area (Å²) < 4.78 is 24.9. The van der Waals surface area contributed by atoms with Gasteiger partial charge < -0.3 is 5.73 Å². The van der Waals surface area contributed by atoms with E-state index in [9.17, 15) is 8.42 Å². The minimum atomic E-state index is -3.37. The van der Waals surface area contributed by atoms with Crippen molar-refractivity contribution in [1.82, 2.24) is 0 Å². The largest absolute Gasteiger partial charge is 0.398 e. The Morgan fingerprint density at radius 1 is 1.05 bits per heavy atom. The molecule has 2 aromatic rings. The van der Waals surface area contributed by atoms with Crippen molar-refractivity contribution in [3.05, 3.63) is 59.2 Å². The van der Waals surface area contributed by atoms with E-state index in [1.807, 2.05) is 19.1 Å². The summed E-state index contributed by atoms with van der Waals surface area (Å²) in [7, 11) is -3.37. The van der Waals surface area contributed by atoms with Crippen molar-refractivity contribution in [1.29, 1.82) is 0 Å². The maximum absolute atomic E-state index is 12.5. The van der Waals surface area contributed by atoms with Crippen LogP contribution in [0.15, 0.2) is 47.4 Å². The Labute approximate surface area is 114 Å². The van der Waals surface area contributed by atoms with E-state index < -0.39 is 9.84 Å². The van der Waals surface area contributed by atoms with E-state index in [-0.39, 0.29) is 5.75 Å². The summed E-state index contributed by atoms with van der Waals surface area (Å²) in [6.07, 6.45) is 0. The van der Waals surface area contributed by atoms with Crippen LogP contribution < -0.4 is 5.73 Å². The maximum atomic E-state index is 12.5. The molecule has 100 valence electrons. The fourth-order valence-corrected chi connectivity index (χ4v) is 3.74. The molecule has 0 aliphatic rings. The number of hydrogen-bond acceptors (Lipinski definition) is 3. The minimum Gasteiger partial charge on any atom is -0.398 e. The van der Waals surface area contributed by atoms with Crippen molar-refractivity contribution in [2.75, 3.05) is 5.73 Å². The number of sulfone groups is 1. The molecule has 0 saturated heterocycles. The highest BCUT2D eigenvalue weighted by molar-refractivity contribution is 7.90. The molecule has 3 nitrogen and oxygen atoms in total. The molecule has 2 N–H and O–H groups in total. The highest BCUT2D eigenvalue weighted by atomic mass is 32.2. The molecule has 0 aromatic heterocycles. The Kier molecular flexibility index (Phi) is 3.62. The number of hydrogen-bond donors (Lipinski definition) is 1. The van der Waals surface area contributed by atoms with Gasteiger partial charge in [0, 0.05) is 5.69 Å². The zero-order valence-corrected chi connectivity index (χ0v) is 11.9. The normalized spacial score (nSPS) is 11.5. The van der Waals surface area contributed by atoms with Crippen LogP contribution in [0.1, 0.15) is 16.7 Å². The first-order valence-corrected chi connectivity index (χ1v) is 7.69. The molecule has 0 heterocycles. The monoisotopic (exact) mass is 275 g/mol. The number of aryl methyl sites for hydroxylation is 2. The van der Waals surface area contributed by atoms with Crippen LogP contribution in [0.2, 0.25) is 0 Å². The molecule has 0 atom stereocenters. The van der Waals surface area contributed by atoms with E-state index in [0.29, 0.717) is 16.1 Å². The molecule has 4 heteroatoms. The number of benzene rings is 2. The van der Waals surface area contributed by atoms with Gasteiger partial charge in [-0.2, -0.15) is 0 Å². The zero-order chi connectivity index (χ0) is 14.0. The maximum Gasteiger partial charge on any atom is 0.182 e. The fraction of sp³-hybridized carbons (Fsp3) is 0.200. The highest BCUT2D eigenvalue weighted by Gasteiger charge is 2.18. The van der Waals surface area contributed by atoms with Crippen molar-refractivity contribution < 1.29 is 8.42 Å². The van der Waals surface area contributed by atoms with Crippen LogP contribution in [0.3, 0.4) is 0 Å². The van der Waals surface area contributed by atoms with Gasteiger partial charge in [0.2, 0.25) is 0 Å². The third-order valence-electron chi connectivity index (χ3n) is 3.08. The van der Waals surface area contributed by atoms with Crippen molar-refractivity contribution in [2.24, 2.45) is 0 Å². The van der Waals surface area contributed by atoms with Gasteiger partial charge in [-0.05, 0) is 42.7 Å². The van der Waals surface area contributed by atoms with Crippen molar-refractivity contribution >= 4 is 15.5 Å². The molecule has 0 aliphatic carbocycles. The smallest absolute Gasteiger partial charge is 0.182 e. The summed E-state index contributed by atoms with van der Waals surface area (Å²) in [5.74, 6) is -0.0655. The number of nitrogen functional groups attached to an aromatic ring is 1. The van der Waals surface area contributed by atoms with E-state index in [1.165, 1.54) is 0 Å². The number of anilines is 1. The predicted octanol–water partition coefficient (Wildman–Crippen LogP) is 2.86. The van der Waals surface area contributed by atoms with Gasteiger partial charge in [-0.3, -0.25) is 0 Å². The summed E-state index contributed by atoms with van der Waals surface area (Å²) in [5.41, 5.74) is 8.66. The van der Waals surface area contributed by atoms with Gasteiger partial charge in [-0.15, -0.1) is 0 Å². The average molecular weight is 275 g/mol. The molecule has 0 bridgehead atoms. The van der Waals surface area contributed by atoms with Gasteiger partial charge in [0.15, 0.2) is 9.84 Å². The number of nitrogens with two attached hydrogens (primary N) is 1. The lowest BCUT2D eigenvalue weighted by molar-refractivity contribution is 0.594. The third kappa shape index (κ3) is 2.96. The second-order valence-corrected chi connectivity index (χ2v) is 6.68. The average Bonchev–Trinajstić information content (AvgIpc) is 2.35. The summed E-state index contributed by atoms with van der Waals surface area (Å²) in [4.78, 5) is 0.385. The van der Waals surface area contributed by atoms with Gasteiger partial charge in [0.1, 0.15) is 0 Å². The van der Waals surface area contributed by atoms with E-state index in [0.717, 1.165) is 11.1 Å². The van der Waals surface area contributed by atoms with Gasteiger partial charge in [0.05, 0.1) is 10.6 Å². The molecular formula is C15H17NO2S. The lowest BCUT2D eigenvalue weighted by Gasteiger charge is -2.10. The van der Waals surface area contributed by atoms with Crippen LogP contribution in [-0.4, -0.2) is 8.42 Å². The summed E-state index contributed by atoms with van der Waals surface area (Å²) in [6.45, 7) is 3.69. The Morgan fingerprint density at radius 3 is 2.42 bits per heavy atom. The molecule has 0 amide bonds. The molecular weight excluding hydrogens is 258 g/mol. The second kappa shape index (κ2) is 5.05. The van der Waals surface area contributed by atoms with Gasteiger partial charge in [-0.25, -0.2) is 8.42 Å². The van der Waals surface area contributed by atoms with Crippen LogP contribution in [-0.2, 0) is 15.6 Å². The predicted molar refractivity (Wildman–Crippen MR) is 77.7 cm³/mol. The molecule has 0 aliphatic heterocycles. The first-order valence-electron chi connectivity index (χ1n) is 6.03. The standard InChI is InChI=1S/C15H17NO2S/c1-11-7-8-12(2)15(9-11)19(17,18)10-13-5-3-4-6-14(13)16/h3-9H,10,16H2,1-2H3. The first kappa shape index (κ1) is 13.6. The van der Waals surface area contributed by atoms with Crippen LogP contribution in [0.25, 0.3) is 0 Å².